The Bertz CT molecular complexity index is 698. The molecule has 1 heterocycles. The SMILES string of the molecule is CCC(CC)CC(C(C)=O)c1cn(C(=O)OC)c2ccccc12. The lowest BCUT2D eigenvalue weighted by molar-refractivity contribution is -0.118. The molecule has 2 rings (SSSR count). The minimum atomic E-state index is -0.433. The van der Waals surface area contributed by atoms with Crippen molar-refractivity contribution < 1.29 is 14.3 Å². The molecular formula is C19H25NO3. The molecule has 124 valence electrons. The highest BCUT2D eigenvalue weighted by atomic mass is 16.5. The van der Waals surface area contributed by atoms with Crippen LogP contribution in [0.5, 0.6) is 0 Å². The van der Waals surface area contributed by atoms with E-state index in [0.717, 1.165) is 35.7 Å². The van der Waals surface area contributed by atoms with Crippen molar-refractivity contribution in [2.24, 2.45) is 5.92 Å². The van der Waals surface area contributed by atoms with Crippen molar-refractivity contribution in [2.45, 2.75) is 46.0 Å². The largest absolute Gasteiger partial charge is 0.452 e. The van der Waals surface area contributed by atoms with E-state index in [1.165, 1.54) is 11.7 Å². The van der Waals surface area contributed by atoms with Crippen molar-refractivity contribution >= 4 is 22.8 Å². The van der Waals surface area contributed by atoms with E-state index in [1.54, 1.807) is 13.1 Å². The summed E-state index contributed by atoms with van der Waals surface area (Å²) in [6.45, 7) is 5.95. The molecule has 0 bridgehead atoms. The Labute approximate surface area is 137 Å². The zero-order chi connectivity index (χ0) is 17.0. The molecule has 0 amide bonds. The van der Waals surface area contributed by atoms with Crippen LogP contribution in [-0.2, 0) is 9.53 Å². The van der Waals surface area contributed by atoms with Crippen LogP contribution in [0.15, 0.2) is 30.5 Å². The Morgan fingerprint density at radius 1 is 1.17 bits per heavy atom. The zero-order valence-electron chi connectivity index (χ0n) is 14.3. The molecule has 4 nitrogen and oxygen atoms in total. The maximum absolute atomic E-state index is 12.3. The number of para-hydroxylation sites is 1. The van der Waals surface area contributed by atoms with Gasteiger partial charge in [-0.25, -0.2) is 4.79 Å². The Kier molecular flexibility index (Phi) is 5.59. The van der Waals surface area contributed by atoms with E-state index in [0.29, 0.717) is 5.92 Å². The number of ether oxygens (including phenoxy) is 1. The number of Topliss-reactive ketones (excluding diaryl/α,β-unsaturated/α-hetero) is 1. The molecular weight excluding hydrogens is 290 g/mol. The number of nitrogens with zero attached hydrogens (tertiary/aromatic N) is 1. The molecule has 23 heavy (non-hydrogen) atoms. The topological polar surface area (TPSA) is 48.3 Å². The molecule has 0 aliphatic heterocycles. The van der Waals surface area contributed by atoms with Crippen LogP contribution in [0.2, 0.25) is 0 Å². The van der Waals surface area contributed by atoms with Crippen LogP contribution in [0.25, 0.3) is 10.9 Å². The van der Waals surface area contributed by atoms with Crippen LogP contribution in [0.3, 0.4) is 0 Å². The molecule has 1 unspecified atom stereocenters. The number of rotatable bonds is 6. The van der Waals surface area contributed by atoms with Crippen molar-refractivity contribution in [2.75, 3.05) is 7.11 Å². The van der Waals surface area contributed by atoms with Crippen molar-refractivity contribution in [3.8, 4) is 0 Å². The van der Waals surface area contributed by atoms with Gasteiger partial charge in [-0.2, -0.15) is 0 Å². The minimum Gasteiger partial charge on any atom is -0.452 e. The quantitative estimate of drug-likeness (QED) is 0.772. The molecule has 0 saturated heterocycles. The summed E-state index contributed by atoms with van der Waals surface area (Å²) in [6, 6.07) is 7.66. The molecule has 0 radical (unpaired) electrons. The van der Waals surface area contributed by atoms with Gasteiger partial charge in [-0.1, -0.05) is 44.9 Å². The first-order valence-corrected chi connectivity index (χ1v) is 8.22. The van der Waals surface area contributed by atoms with Crippen LogP contribution in [0.1, 0.15) is 51.5 Å². The number of benzene rings is 1. The molecule has 1 aromatic carbocycles. The Balaban J connectivity index is 2.55. The van der Waals surface area contributed by atoms with Gasteiger partial charge in [0.1, 0.15) is 5.78 Å². The summed E-state index contributed by atoms with van der Waals surface area (Å²) < 4.78 is 6.35. The molecule has 0 saturated carbocycles. The highest BCUT2D eigenvalue weighted by molar-refractivity contribution is 5.96. The highest BCUT2D eigenvalue weighted by Gasteiger charge is 2.25. The monoisotopic (exact) mass is 315 g/mol. The number of ketones is 1. The zero-order valence-corrected chi connectivity index (χ0v) is 14.3. The van der Waals surface area contributed by atoms with Gasteiger partial charge in [0.25, 0.3) is 0 Å². The third kappa shape index (κ3) is 3.46. The molecule has 2 aromatic rings. The van der Waals surface area contributed by atoms with Crippen LogP contribution in [0, 0.1) is 5.92 Å². The van der Waals surface area contributed by atoms with E-state index in [4.69, 9.17) is 4.74 Å². The molecule has 0 spiro atoms. The van der Waals surface area contributed by atoms with Crippen molar-refractivity contribution in [1.29, 1.82) is 0 Å². The van der Waals surface area contributed by atoms with E-state index in [2.05, 4.69) is 13.8 Å². The normalized spacial score (nSPS) is 12.6. The molecule has 1 atom stereocenters. The predicted octanol–water partition coefficient (Wildman–Crippen LogP) is 4.75. The molecule has 0 fully saturated rings. The van der Waals surface area contributed by atoms with E-state index in [9.17, 15) is 9.59 Å². The fourth-order valence-electron chi connectivity index (χ4n) is 3.20. The first kappa shape index (κ1) is 17.3. The second kappa shape index (κ2) is 7.44. The van der Waals surface area contributed by atoms with E-state index in [1.807, 2.05) is 24.3 Å². The first-order chi connectivity index (χ1) is 11.0. The van der Waals surface area contributed by atoms with Gasteiger partial charge in [0.15, 0.2) is 0 Å². The number of carbonyl (C=O) groups is 2. The van der Waals surface area contributed by atoms with Gasteiger partial charge in [0.2, 0.25) is 0 Å². The maximum Gasteiger partial charge on any atom is 0.418 e. The lowest BCUT2D eigenvalue weighted by Crippen LogP contribution is -2.14. The van der Waals surface area contributed by atoms with Crippen molar-refractivity contribution in [3.63, 3.8) is 0 Å². The fourth-order valence-corrected chi connectivity index (χ4v) is 3.20. The van der Waals surface area contributed by atoms with E-state index >= 15 is 0 Å². The summed E-state index contributed by atoms with van der Waals surface area (Å²) in [4.78, 5) is 24.3. The van der Waals surface area contributed by atoms with Gasteiger partial charge in [-0.05, 0) is 30.9 Å². The lowest BCUT2D eigenvalue weighted by Gasteiger charge is -2.19. The highest BCUT2D eigenvalue weighted by Crippen LogP contribution is 2.34. The second-order valence-corrected chi connectivity index (χ2v) is 6.02. The second-order valence-electron chi connectivity index (χ2n) is 6.02. The van der Waals surface area contributed by atoms with Gasteiger partial charge < -0.3 is 4.74 Å². The van der Waals surface area contributed by atoms with Crippen molar-refractivity contribution in [3.05, 3.63) is 36.0 Å². The average molecular weight is 315 g/mol. The minimum absolute atomic E-state index is 0.143. The van der Waals surface area contributed by atoms with Crippen LogP contribution < -0.4 is 0 Å². The summed E-state index contributed by atoms with van der Waals surface area (Å²) in [6.07, 6.45) is 4.26. The average Bonchev–Trinajstić information content (AvgIpc) is 2.94. The van der Waals surface area contributed by atoms with E-state index < -0.39 is 6.09 Å². The molecule has 4 heteroatoms. The molecule has 0 N–H and O–H groups in total. The Morgan fingerprint density at radius 3 is 2.39 bits per heavy atom. The van der Waals surface area contributed by atoms with Gasteiger partial charge in [-0.3, -0.25) is 9.36 Å². The number of methoxy groups -OCH3 is 1. The van der Waals surface area contributed by atoms with Gasteiger partial charge in [0.05, 0.1) is 12.6 Å². The molecule has 0 aliphatic rings. The number of carbonyl (C=O) groups excluding carboxylic acids is 2. The number of aromatic nitrogens is 1. The summed E-state index contributed by atoms with van der Waals surface area (Å²) in [5.74, 6) is 0.463. The third-order valence-corrected chi connectivity index (χ3v) is 4.70. The summed E-state index contributed by atoms with van der Waals surface area (Å²) in [7, 11) is 1.36. The first-order valence-electron chi connectivity index (χ1n) is 8.22. The predicted molar refractivity (Wildman–Crippen MR) is 91.9 cm³/mol. The fraction of sp³-hybridized carbons (Fsp3) is 0.474. The Morgan fingerprint density at radius 2 is 1.83 bits per heavy atom. The lowest BCUT2D eigenvalue weighted by atomic mass is 9.84. The Hall–Kier alpha value is -2.10. The number of hydrogen-bond acceptors (Lipinski definition) is 3. The standard InChI is InChI=1S/C19H25NO3/c1-5-14(6-2)11-16(13(3)21)17-12-20(19(22)23-4)18-10-8-7-9-15(17)18/h7-10,12,14,16H,5-6,11H2,1-4H3. The van der Waals surface area contributed by atoms with Gasteiger partial charge in [0, 0.05) is 17.5 Å². The maximum atomic E-state index is 12.3. The van der Waals surface area contributed by atoms with Crippen LogP contribution in [-0.4, -0.2) is 23.6 Å². The number of hydrogen-bond donors (Lipinski definition) is 0. The number of fused-ring (bicyclic) bond motifs is 1. The smallest absolute Gasteiger partial charge is 0.418 e. The van der Waals surface area contributed by atoms with Gasteiger partial charge in [-0.15, -0.1) is 0 Å². The third-order valence-electron chi connectivity index (χ3n) is 4.70. The summed E-state index contributed by atoms with van der Waals surface area (Å²) >= 11 is 0. The summed E-state index contributed by atoms with van der Waals surface area (Å²) in [5.41, 5.74) is 1.70. The summed E-state index contributed by atoms with van der Waals surface area (Å²) in [5, 5.41) is 0.948. The van der Waals surface area contributed by atoms with E-state index in [-0.39, 0.29) is 11.7 Å². The van der Waals surface area contributed by atoms with Gasteiger partial charge >= 0.3 is 6.09 Å². The molecule has 0 aliphatic carbocycles. The van der Waals surface area contributed by atoms with Crippen LogP contribution in [0.4, 0.5) is 4.79 Å². The van der Waals surface area contributed by atoms with Crippen molar-refractivity contribution in [1.82, 2.24) is 4.57 Å². The molecule has 1 aromatic heterocycles. The van der Waals surface area contributed by atoms with Crippen LogP contribution >= 0.6 is 0 Å².